The molecule has 0 heterocycles. The lowest BCUT2D eigenvalue weighted by atomic mass is 10.2. The van der Waals surface area contributed by atoms with Gasteiger partial charge in [-0.2, -0.15) is 0 Å². The molecule has 0 unspecified atom stereocenters. The molecule has 0 aromatic heterocycles. The van der Waals surface area contributed by atoms with Gasteiger partial charge in [-0.05, 0) is 46.4 Å². The fourth-order valence-electron chi connectivity index (χ4n) is 1.45. The molecule has 2 rings (SSSR count). The van der Waals surface area contributed by atoms with Crippen LogP contribution in [0.25, 0.3) is 0 Å². The molecule has 0 spiro atoms. The van der Waals surface area contributed by atoms with Crippen LogP contribution in [0.5, 0.6) is 0 Å². The molecule has 0 saturated heterocycles. The maximum atomic E-state index is 13.4. The van der Waals surface area contributed by atoms with Crippen molar-refractivity contribution in [3.8, 4) is 0 Å². The van der Waals surface area contributed by atoms with E-state index >= 15 is 0 Å². The summed E-state index contributed by atoms with van der Waals surface area (Å²) in [5.41, 5.74) is 0.842. The molecule has 0 N–H and O–H groups in total. The second-order valence-electron chi connectivity index (χ2n) is 3.69. The van der Waals surface area contributed by atoms with Crippen LogP contribution in [0.4, 0.5) is 4.39 Å². The molecular formula is C14H10FIO2. The van der Waals surface area contributed by atoms with E-state index in [4.69, 9.17) is 4.74 Å². The summed E-state index contributed by atoms with van der Waals surface area (Å²) in [7, 11) is 0. The summed E-state index contributed by atoms with van der Waals surface area (Å²) < 4.78 is 19.3. The molecule has 0 bridgehead atoms. The molecule has 2 aromatic carbocycles. The Hall–Kier alpha value is -1.43. The number of rotatable bonds is 3. The summed E-state index contributed by atoms with van der Waals surface area (Å²) in [5.74, 6) is -1.21. The fraction of sp³-hybridized carbons (Fsp3) is 0.0714. The second-order valence-corrected chi connectivity index (χ2v) is 4.93. The van der Waals surface area contributed by atoms with Crippen LogP contribution < -0.4 is 0 Å². The SMILES string of the molecule is O=C(OCc1ccccc1)c1cc(I)ccc1F. The van der Waals surface area contributed by atoms with Crippen molar-refractivity contribution in [1.29, 1.82) is 0 Å². The minimum Gasteiger partial charge on any atom is -0.457 e. The highest BCUT2D eigenvalue weighted by Crippen LogP contribution is 2.14. The Bertz CT molecular complexity index is 555. The van der Waals surface area contributed by atoms with Crippen LogP contribution in [0.1, 0.15) is 15.9 Å². The molecule has 0 radical (unpaired) electrons. The van der Waals surface area contributed by atoms with Gasteiger partial charge in [-0.1, -0.05) is 30.3 Å². The number of hydrogen-bond acceptors (Lipinski definition) is 2. The number of carbonyl (C=O) groups excluding carboxylic acids is 1. The molecule has 0 aliphatic carbocycles. The molecule has 0 saturated carbocycles. The molecule has 0 aliphatic rings. The van der Waals surface area contributed by atoms with Gasteiger partial charge in [-0.3, -0.25) is 0 Å². The number of hydrogen-bond donors (Lipinski definition) is 0. The molecule has 0 aliphatic heterocycles. The van der Waals surface area contributed by atoms with Gasteiger partial charge in [-0.15, -0.1) is 0 Å². The van der Waals surface area contributed by atoms with E-state index in [1.54, 1.807) is 6.07 Å². The van der Waals surface area contributed by atoms with Gasteiger partial charge in [0.15, 0.2) is 0 Å². The quantitative estimate of drug-likeness (QED) is 0.618. The van der Waals surface area contributed by atoms with E-state index in [-0.39, 0.29) is 12.2 Å². The summed E-state index contributed by atoms with van der Waals surface area (Å²) in [4.78, 5) is 11.7. The van der Waals surface area contributed by atoms with Crippen LogP contribution in [-0.4, -0.2) is 5.97 Å². The van der Waals surface area contributed by atoms with Crippen LogP contribution >= 0.6 is 22.6 Å². The number of benzene rings is 2. The van der Waals surface area contributed by atoms with Gasteiger partial charge >= 0.3 is 5.97 Å². The molecule has 2 aromatic rings. The average molecular weight is 356 g/mol. The summed E-state index contributed by atoms with van der Waals surface area (Å²) in [6.45, 7) is 0.143. The van der Waals surface area contributed by atoms with E-state index < -0.39 is 11.8 Å². The predicted molar refractivity (Wildman–Crippen MR) is 74.7 cm³/mol. The smallest absolute Gasteiger partial charge is 0.341 e. The van der Waals surface area contributed by atoms with Gasteiger partial charge in [0.05, 0.1) is 5.56 Å². The highest BCUT2D eigenvalue weighted by atomic mass is 127. The van der Waals surface area contributed by atoms with Crippen LogP contribution in [0, 0.1) is 9.39 Å². The fourth-order valence-corrected chi connectivity index (χ4v) is 1.95. The third kappa shape index (κ3) is 3.29. The topological polar surface area (TPSA) is 26.3 Å². The molecule has 2 nitrogen and oxygen atoms in total. The monoisotopic (exact) mass is 356 g/mol. The van der Waals surface area contributed by atoms with Crippen LogP contribution in [0.2, 0.25) is 0 Å². The van der Waals surface area contributed by atoms with E-state index in [2.05, 4.69) is 0 Å². The van der Waals surface area contributed by atoms with E-state index in [1.165, 1.54) is 12.1 Å². The van der Waals surface area contributed by atoms with Crippen molar-refractivity contribution in [3.05, 3.63) is 69.0 Å². The van der Waals surface area contributed by atoms with Gasteiger partial charge in [-0.25, -0.2) is 9.18 Å². The van der Waals surface area contributed by atoms with E-state index in [0.717, 1.165) is 9.13 Å². The molecule has 0 atom stereocenters. The van der Waals surface area contributed by atoms with Gasteiger partial charge in [0.2, 0.25) is 0 Å². The first kappa shape index (κ1) is 13.0. The molecule has 0 amide bonds. The number of carbonyl (C=O) groups is 1. The average Bonchev–Trinajstić information content (AvgIpc) is 2.40. The first-order valence-corrected chi connectivity index (χ1v) is 6.41. The third-order valence-electron chi connectivity index (χ3n) is 2.36. The van der Waals surface area contributed by atoms with Gasteiger partial charge < -0.3 is 4.74 Å². The summed E-state index contributed by atoms with van der Waals surface area (Å²) in [5, 5.41) is 0. The molecule has 0 fully saturated rings. The van der Waals surface area contributed by atoms with Crippen molar-refractivity contribution in [2.45, 2.75) is 6.61 Å². The minimum absolute atomic E-state index is 0.0298. The summed E-state index contributed by atoms with van der Waals surface area (Å²) in [6, 6.07) is 13.6. The Morgan fingerprint density at radius 2 is 1.89 bits per heavy atom. The zero-order chi connectivity index (χ0) is 13.0. The van der Waals surface area contributed by atoms with Crippen molar-refractivity contribution < 1.29 is 13.9 Å². The summed E-state index contributed by atoms with van der Waals surface area (Å²) in [6.07, 6.45) is 0. The van der Waals surface area contributed by atoms with Crippen molar-refractivity contribution in [1.82, 2.24) is 0 Å². The maximum Gasteiger partial charge on any atom is 0.341 e. The first-order chi connectivity index (χ1) is 8.66. The highest BCUT2D eigenvalue weighted by molar-refractivity contribution is 14.1. The Balaban J connectivity index is 2.06. The standard InChI is InChI=1S/C14H10FIO2/c15-13-7-6-11(16)8-12(13)14(17)18-9-10-4-2-1-3-5-10/h1-8H,9H2. The zero-order valence-corrected chi connectivity index (χ0v) is 11.6. The van der Waals surface area contributed by atoms with Gasteiger partial charge in [0.1, 0.15) is 12.4 Å². The van der Waals surface area contributed by atoms with Crippen molar-refractivity contribution in [3.63, 3.8) is 0 Å². The number of ether oxygens (including phenoxy) is 1. The Morgan fingerprint density at radius 3 is 2.61 bits per heavy atom. The normalized spacial score (nSPS) is 10.1. The molecular weight excluding hydrogens is 346 g/mol. The first-order valence-electron chi connectivity index (χ1n) is 5.33. The van der Waals surface area contributed by atoms with E-state index in [0.29, 0.717) is 0 Å². The largest absolute Gasteiger partial charge is 0.457 e. The van der Waals surface area contributed by atoms with E-state index in [9.17, 15) is 9.18 Å². The lowest BCUT2D eigenvalue weighted by molar-refractivity contribution is 0.0467. The third-order valence-corrected chi connectivity index (χ3v) is 3.03. The van der Waals surface area contributed by atoms with Gasteiger partial charge in [0.25, 0.3) is 0 Å². The Kier molecular flexibility index (Phi) is 4.30. The second kappa shape index (κ2) is 5.95. The minimum atomic E-state index is -0.644. The summed E-state index contributed by atoms with van der Waals surface area (Å²) >= 11 is 2.02. The lowest BCUT2D eigenvalue weighted by Gasteiger charge is -2.06. The number of esters is 1. The maximum absolute atomic E-state index is 13.4. The van der Waals surface area contributed by atoms with Crippen molar-refractivity contribution >= 4 is 28.6 Å². The van der Waals surface area contributed by atoms with Crippen molar-refractivity contribution in [2.24, 2.45) is 0 Å². The van der Waals surface area contributed by atoms with Crippen molar-refractivity contribution in [2.75, 3.05) is 0 Å². The van der Waals surface area contributed by atoms with Crippen LogP contribution in [-0.2, 0) is 11.3 Å². The highest BCUT2D eigenvalue weighted by Gasteiger charge is 2.13. The number of halogens is 2. The lowest BCUT2D eigenvalue weighted by Crippen LogP contribution is -2.07. The Morgan fingerprint density at radius 1 is 1.17 bits per heavy atom. The van der Waals surface area contributed by atoms with Crippen LogP contribution in [0.15, 0.2) is 48.5 Å². The molecule has 18 heavy (non-hydrogen) atoms. The molecule has 4 heteroatoms. The van der Waals surface area contributed by atoms with Gasteiger partial charge in [0, 0.05) is 3.57 Å². The molecule has 92 valence electrons. The zero-order valence-electron chi connectivity index (χ0n) is 9.40. The van der Waals surface area contributed by atoms with E-state index in [1.807, 2.05) is 52.9 Å². The Labute approximate surface area is 118 Å². The predicted octanol–water partition coefficient (Wildman–Crippen LogP) is 3.79. The van der Waals surface area contributed by atoms with Crippen LogP contribution in [0.3, 0.4) is 0 Å².